The molecule has 32 heavy (non-hydrogen) atoms. The van der Waals surface area contributed by atoms with Crippen molar-refractivity contribution < 1.29 is 19.1 Å². The van der Waals surface area contributed by atoms with E-state index in [0.717, 1.165) is 43.3 Å². The molecule has 0 spiro atoms. The van der Waals surface area contributed by atoms with Gasteiger partial charge in [0.2, 0.25) is 0 Å². The lowest BCUT2D eigenvalue weighted by atomic mass is 10.1. The van der Waals surface area contributed by atoms with Crippen LogP contribution in [0.25, 0.3) is 0 Å². The molecule has 2 aromatic carbocycles. The summed E-state index contributed by atoms with van der Waals surface area (Å²) in [7, 11) is 1.61. The van der Waals surface area contributed by atoms with E-state index >= 15 is 0 Å². The first-order chi connectivity index (χ1) is 15.6. The molecule has 170 valence electrons. The van der Waals surface area contributed by atoms with Crippen molar-refractivity contribution in [2.24, 2.45) is 5.84 Å². The number of amides is 3. The molecule has 9 heteroatoms. The molecule has 2 aliphatic rings. The number of nitrogens with zero attached hydrogens (tertiary/aromatic N) is 3. The summed E-state index contributed by atoms with van der Waals surface area (Å²) in [6.45, 7) is 4.99. The Bertz CT molecular complexity index is 922. The van der Waals surface area contributed by atoms with E-state index in [4.69, 9.17) is 15.3 Å². The normalized spacial score (nSPS) is 16.9. The zero-order valence-corrected chi connectivity index (χ0v) is 18.2. The number of methoxy groups -OCH3 is 1. The Kier molecular flexibility index (Phi) is 6.89. The lowest BCUT2D eigenvalue weighted by Crippen LogP contribution is -2.59. The Morgan fingerprint density at radius 1 is 1.06 bits per heavy atom. The molecule has 2 aliphatic heterocycles. The predicted molar refractivity (Wildman–Crippen MR) is 120 cm³/mol. The maximum atomic E-state index is 13.5. The number of urea groups is 1. The topological polar surface area (TPSA) is 100 Å². The number of hydrazine groups is 1. The molecule has 2 fully saturated rings. The van der Waals surface area contributed by atoms with Crippen LogP contribution in [0.2, 0.25) is 0 Å². The maximum absolute atomic E-state index is 13.5. The molecule has 0 radical (unpaired) electrons. The van der Waals surface area contributed by atoms with Gasteiger partial charge in [0.25, 0.3) is 5.91 Å². The molecule has 0 bridgehead atoms. The fraction of sp³-hybridized carbons (Fsp3) is 0.391. The van der Waals surface area contributed by atoms with Crippen molar-refractivity contribution in [3.8, 4) is 5.75 Å². The van der Waals surface area contributed by atoms with E-state index in [-0.39, 0.29) is 11.9 Å². The van der Waals surface area contributed by atoms with Crippen molar-refractivity contribution in [2.45, 2.75) is 12.6 Å². The van der Waals surface area contributed by atoms with E-state index in [2.05, 4.69) is 10.3 Å². The third-order valence-electron chi connectivity index (χ3n) is 6.02. The number of hydrogen-bond donors (Lipinski definition) is 2. The Hall–Kier alpha value is -3.14. The average molecular weight is 440 g/mol. The van der Waals surface area contributed by atoms with Crippen molar-refractivity contribution in [1.29, 1.82) is 0 Å². The molecule has 2 aromatic rings. The Balaban J connectivity index is 1.50. The molecule has 0 aliphatic carbocycles. The zero-order valence-electron chi connectivity index (χ0n) is 18.2. The van der Waals surface area contributed by atoms with Crippen molar-refractivity contribution in [1.82, 2.24) is 15.2 Å². The molecule has 0 aromatic heterocycles. The number of nitrogens with two attached hydrogens (primary N) is 1. The molecular formula is C23H29N5O4. The minimum atomic E-state index is -0.352. The summed E-state index contributed by atoms with van der Waals surface area (Å²) in [6, 6.07) is 15.0. The van der Waals surface area contributed by atoms with Gasteiger partial charge in [-0.2, -0.15) is 0 Å². The molecule has 4 rings (SSSR count). The van der Waals surface area contributed by atoms with Crippen LogP contribution < -0.4 is 20.9 Å². The minimum absolute atomic E-state index is 0.0385. The second kappa shape index (κ2) is 9.99. The van der Waals surface area contributed by atoms with Crippen LogP contribution in [0.1, 0.15) is 15.9 Å². The van der Waals surface area contributed by atoms with Crippen LogP contribution in [0.3, 0.4) is 0 Å². The molecular weight excluding hydrogens is 410 g/mol. The van der Waals surface area contributed by atoms with Gasteiger partial charge in [0, 0.05) is 37.4 Å². The van der Waals surface area contributed by atoms with Gasteiger partial charge in [-0.3, -0.25) is 20.0 Å². The van der Waals surface area contributed by atoms with Gasteiger partial charge in [-0.25, -0.2) is 10.6 Å². The van der Waals surface area contributed by atoms with Crippen molar-refractivity contribution >= 4 is 17.6 Å². The number of hydrogen-bond acceptors (Lipinski definition) is 6. The number of ether oxygens (including phenoxy) is 2. The highest BCUT2D eigenvalue weighted by atomic mass is 16.5. The van der Waals surface area contributed by atoms with Gasteiger partial charge in [-0.1, -0.05) is 12.1 Å². The number of nitrogens with one attached hydrogen (secondary N) is 1. The Labute approximate surface area is 187 Å². The predicted octanol–water partition coefficient (Wildman–Crippen LogP) is 1.44. The molecule has 2 saturated heterocycles. The highest BCUT2D eigenvalue weighted by Gasteiger charge is 2.32. The lowest BCUT2D eigenvalue weighted by Gasteiger charge is -2.43. The van der Waals surface area contributed by atoms with Crippen LogP contribution in [-0.2, 0) is 11.3 Å². The first kappa shape index (κ1) is 22.1. The SMILES string of the molecule is COc1ccc(N(Cc2ccc(C(=O)NN)cc2)C(=O)N2CCN(C3COC3)CC2)cc1. The van der Waals surface area contributed by atoms with Gasteiger partial charge in [-0.05, 0) is 42.0 Å². The average Bonchev–Trinajstić information content (AvgIpc) is 2.81. The standard InChI is InChI=1S/C23H29N5O4/c1-31-21-8-6-19(7-9-21)28(14-17-2-4-18(5-3-17)22(29)25-24)23(30)27-12-10-26(11-13-27)20-15-32-16-20/h2-9,20H,10-16,24H2,1H3,(H,25,29). The van der Waals surface area contributed by atoms with Crippen molar-refractivity contribution in [3.05, 3.63) is 59.7 Å². The van der Waals surface area contributed by atoms with E-state index in [9.17, 15) is 9.59 Å². The second-order valence-electron chi connectivity index (χ2n) is 7.95. The van der Waals surface area contributed by atoms with Crippen LogP contribution in [0.5, 0.6) is 5.75 Å². The van der Waals surface area contributed by atoms with E-state index in [1.54, 1.807) is 24.1 Å². The fourth-order valence-corrected chi connectivity index (χ4v) is 3.94. The third-order valence-corrected chi connectivity index (χ3v) is 6.02. The second-order valence-corrected chi connectivity index (χ2v) is 7.95. The molecule has 0 unspecified atom stereocenters. The molecule has 9 nitrogen and oxygen atoms in total. The molecule has 3 amide bonds. The fourth-order valence-electron chi connectivity index (χ4n) is 3.94. The summed E-state index contributed by atoms with van der Waals surface area (Å²) in [5.74, 6) is 5.59. The van der Waals surface area contributed by atoms with E-state index < -0.39 is 0 Å². The maximum Gasteiger partial charge on any atom is 0.324 e. The largest absolute Gasteiger partial charge is 0.497 e. The van der Waals surface area contributed by atoms with Gasteiger partial charge < -0.3 is 14.4 Å². The van der Waals surface area contributed by atoms with Crippen LogP contribution in [0.4, 0.5) is 10.5 Å². The van der Waals surface area contributed by atoms with Gasteiger partial charge in [0.05, 0.1) is 32.9 Å². The van der Waals surface area contributed by atoms with Crippen molar-refractivity contribution in [2.75, 3.05) is 51.4 Å². The van der Waals surface area contributed by atoms with Gasteiger partial charge in [-0.15, -0.1) is 0 Å². The zero-order chi connectivity index (χ0) is 22.5. The van der Waals surface area contributed by atoms with Gasteiger partial charge >= 0.3 is 6.03 Å². The molecule has 2 heterocycles. The number of piperazine rings is 1. The highest BCUT2D eigenvalue weighted by molar-refractivity contribution is 5.94. The summed E-state index contributed by atoms with van der Waals surface area (Å²) >= 11 is 0. The summed E-state index contributed by atoms with van der Waals surface area (Å²) in [6.07, 6.45) is 0. The number of rotatable bonds is 6. The smallest absolute Gasteiger partial charge is 0.324 e. The van der Waals surface area contributed by atoms with Crippen LogP contribution in [0.15, 0.2) is 48.5 Å². The summed E-state index contributed by atoms with van der Waals surface area (Å²) in [5, 5.41) is 0. The number of carbonyl (C=O) groups is 2. The third kappa shape index (κ3) is 4.85. The highest BCUT2D eigenvalue weighted by Crippen LogP contribution is 2.24. The molecule has 3 N–H and O–H groups in total. The minimum Gasteiger partial charge on any atom is -0.497 e. The van der Waals surface area contributed by atoms with Crippen LogP contribution in [0, 0.1) is 0 Å². The first-order valence-corrected chi connectivity index (χ1v) is 10.7. The Morgan fingerprint density at radius 3 is 2.25 bits per heavy atom. The first-order valence-electron chi connectivity index (χ1n) is 10.7. The summed E-state index contributed by atoms with van der Waals surface area (Å²) in [4.78, 5) is 31.3. The van der Waals surface area contributed by atoms with Crippen LogP contribution in [-0.4, -0.2) is 74.3 Å². The van der Waals surface area contributed by atoms with Crippen molar-refractivity contribution in [3.63, 3.8) is 0 Å². The number of nitrogen functional groups attached to an aromatic ring is 1. The number of carbonyl (C=O) groups excluding carboxylic acids is 2. The quantitative estimate of drug-likeness (QED) is 0.401. The van der Waals surface area contributed by atoms with E-state index in [1.165, 1.54) is 0 Å². The van der Waals surface area contributed by atoms with Gasteiger partial charge in [0.1, 0.15) is 5.75 Å². The monoisotopic (exact) mass is 439 g/mol. The van der Waals surface area contributed by atoms with E-state index in [1.807, 2.05) is 41.3 Å². The van der Waals surface area contributed by atoms with Crippen LogP contribution >= 0.6 is 0 Å². The summed E-state index contributed by atoms with van der Waals surface area (Å²) in [5.41, 5.74) is 4.29. The van der Waals surface area contributed by atoms with E-state index in [0.29, 0.717) is 31.2 Å². The number of anilines is 1. The Morgan fingerprint density at radius 2 is 1.72 bits per heavy atom. The number of benzene rings is 2. The summed E-state index contributed by atoms with van der Waals surface area (Å²) < 4.78 is 10.6. The molecule has 0 atom stereocenters. The molecule has 0 saturated carbocycles. The van der Waals surface area contributed by atoms with Gasteiger partial charge in [0.15, 0.2) is 0 Å². The lowest BCUT2D eigenvalue weighted by molar-refractivity contribution is -0.0738.